The van der Waals surface area contributed by atoms with Gasteiger partial charge in [0.25, 0.3) is 0 Å². The molecule has 0 radical (unpaired) electrons. The molecule has 1 aromatic carbocycles. The number of carboxylic acid groups (broad SMARTS) is 1. The van der Waals surface area contributed by atoms with Crippen molar-refractivity contribution in [2.75, 3.05) is 5.73 Å². The quantitative estimate of drug-likeness (QED) is 0.296. The molecule has 14 heavy (non-hydrogen) atoms. The SMILES string of the molecule is Nc1c(I)cc(I)c(C(=O)O)c1I.[Na+]. The fraction of sp³-hybridized carbons (Fsp3) is 0. The van der Waals surface area contributed by atoms with Gasteiger partial charge < -0.3 is 10.8 Å². The number of carboxylic acids is 1. The first-order chi connectivity index (χ1) is 5.95. The number of hydrogen-bond donors (Lipinski definition) is 2. The van der Waals surface area contributed by atoms with Gasteiger partial charge in [-0.3, -0.25) is 0 Å². The van der Waals surface area contributed by atoms with Crippen molar-refractivity contribution in [2.45, 2.75) is 0 Å². The fourth-order valence-corrected chi connectivity index (χ4v) is 4.63. The van der Waals surface area contributed by atoms with E-state index in [4.69, 9.17) is 10.8 Å². The topological polar surface area (TPSA) is 63.3 Å². The number of halogens is 3. The maximum Gasteiger partial charge on any atom is 1.00 e. The second-order valence-corrected chi connectivity index (χ2v) is 5.65. The molecule has 0 aliphatic heterocycles. The molecule has 0 aromatic heterocycles. The van der Waals surface area contributed by atoms with Crippen LogP contribution in [0.4, 0.5) is 5.69 Å². The zero-order chi connectivity index (χ0) is 10.2. The van der Waals surface area contributed by atoms with Gasteiger partial charge in [0.05, 0.1) is 14.8 Å². The predicted molar refractivity (Wildman–Crippen MR) is 76.0 cm³/mol. The number of carbonyl (C=O) groups is 1. The van der Waals surface area contributed by atoms with Crippen molar-refractivity contribution in [3.8, 4) is 0 Å². The summed E-state index contributed by atoms with van der Waals surface area (Å²) in [6.07, 6.45) is 0. The minimum Gasteiger partial charge on any atom is -0.478 e. The Kier molecular flexibility index (Phi) is 7.19. The second kappa shape index (κ2) is 6.42. The van der Waals surface area contributed by atoms with E-state index in [1.807, 2.05) is 45.2 Å². The number of rotatable bonds is 1. The van der Waals surface area contributed by atoms with Gasteiger partial charge in [0, 0.05) is 7.14 Å². The number of benzene rings is 1. The van der Waals surface area contributed by atoms with Crippen LogP contribution in [0.2, 0.25) is 0 Å². The molecule has 0 atom stereocenters. The maximum atomic E-state index is 10.8. The Labute approximate surface area is 144 Å². The summed E-state index contributed by atoms with van der Waals surface area (Å²) in [4.78, 5) is 10.8. The molecule has 1 aromatic rings. The van der Waals surface area contributed by atoms with Crippen LogP contribution in [0.1, 0.15) is 10.4 Å². The molecule has 70 valence electrons. The van der Waals surface area contributed by atoms with E-state index < -0.39 is 5.97 Å². The third-order valence-electron chi connectivity index (χ3n) is 1.42. The molecule has 0 bridgehead atoms. The second-order valence-electron chi connectivity index (χ2n) is 2.25. The van der Waals surface area contributed by atoms with E-state index >= 15 is 0 Å². The van der Waals surface area contributed by atoms with Crippen molar-refractivity contribution in [1.29, 1.82) is 0 Å². The van der Waals surface area contributed by atoms with Gasteiger partial charge in [0.2, 0.25) is 0 Å². The van der Waals surface area contributed by atoms with Crippen LogP contribution in [0.25, 0.3) is 0 Å². The minimum atomic E-state index is -0.933. The van der Waals surface area contributed by atoms with Crippen LogP contribution in [-0.4, -0.2) is 11.1 Å². The molecule has 0 amide bonds. The van der Waals surface area contributed by atoms with Gasteiger partial charge in [-0.1, -0.05) is 0 Å². The van der Waals surface area contributed by atoms with Gasteiger partial charge in [0.15, 0.2) is 0 Å². The Morgan fingerprint density at radius 2 is 1.79 bits per heavy atom. The summed E-state index contributed by atoms with van der Waals surface area (Å²) in [7, 11) is 0. The van der Waals surface area contributed by atoms with E-state index in [1.54, 1.807) is 6.07 Å². The average Bonchev–Trinajstić information content (AvgIpc) is 1.99. The van der Waals surface area contributed by atoms with E-state index in [1.165, 1.54) is 0 Å². The monoisotopic (exact) mass is 538 g/mol. The zero-order valence-corrected chi connectivity index (χ0v) is 15.6. The summed E-state index contributed by atoms with van der Waals surface area (Å²) < 4.78 is 2.21. The van der Waals surface area contributed by atoms with Crippen LogP contribution < -0.4 is 35.3 Å². The van der Waals surface area contributed by atoms with Crippen LogP contribution in [-0.2, 0) is 0 Å². The van der Waals surface area contributed by atoms with Gasteiger partial charge >= 0.3 is 35.5 Å². The van der Waals surface area contributed by atoms with Crippen LogP contribution in [0.15, 0.2) is 6.07 Å². The van der Waals surface area contributed by atoms with E-state index in [-0.39, 0.29) is 29.6 Å². The van der Waals surface area contributed by atoms with Crippen molar-refractivity contribution >= 4 is 79.4 Å². The molecule has 0 aliphatic rings. The zero-order valence-electron chi connectivity index (χ0n) is 7.14. The van der Waals surface area contributed by atoms with Gasteiger partial charge in [-0.25, -0.2) is 4.79 Å². The first-order valence-corrected chi connectivity index (χ1v) is 6.35. The first-order valence-electron chi connectivity index (χ1n) is 3.11. The Bertz CT molecular complexity index is 384. The summed E-state index contributed by atoms with van der Waals surface area (Å²) in [6.45, 7) is 0. The normalized spacial score (nSPS) is 9.36. The Balaban J connectivity index is 0.00000169. The van der Waals surface area contributed by atoms with Gasteiger partial charge in [-0.15, -0.1) is 0 Å². The van der Waals surface area contributed by atoms with E-state index in [0.29, 0.717) is 18.4 Å². The molecular formula is C7H4I3NNaO2+. The van der Waals surface area contributed by atoms with Crippen molar-refractivity contribution in [3.05, 3.63) is 22.3 Å². The smallest absolute Gasteiger partial charge is 0.478 e. The van der Waals surface area contributed by atoms with Crippen molar-refractivity contribution in [1.82, 2.24) is 0 Å². The van der Waals surface area contributed by atoms with Gasteiger partial charge in [-0.2, -0.15) is 0 Å². The van der Waals surface area contributed by atoms with Gasteiger partial charge in [-0.05, 0) is 73.8 Å². The molecule has 0 heterocycles. The van der Waals surface area contributed by atoms with E-state index in [0.717, 1.165) is 3.57 Å². The van der Waals surface area contributed by atoms with E-state index in [9.17, 15) is 4.79 Å². The predicted octanol–water partition coefficient (Wildman–Crippen LogP) is -0.215. The molecule has 3 nitrogen and oxygen atoms in total. The number of anilines is 1. The first kappa shape index (κ1) is 15.7. The Hall–Kier alpha value is 1.68. The molecular weight excluding hydrogens is 534 g/mol. The third-order valence-corrected chi connectivity index (χ3v) is 4.28. The third kappa shape index (κ3) is 3.34. The van der Waals surface area contributed by atoms with Crippen LogP contribution in [0, 0.1) is 10.7 Å². The van der Waals surface area contributed by atoms with E-state index in [2.05, 4.69) is 22.6 Å². The number of nitrogen functional groups attached to an aromatic ring is 1. The minimum absolute atomic E-state index is 0. The number of aromatic carboxylic acids is 1. The summed E-state index contributed by atoms with van der Waals surface area (Å²) in [5.74, 6) is -0.933. The van der Waals surface area contributed by atoms with Gasteiger partial charge in [0.1, 0.15) is 0 Å². The summed E-state index contributed by atoms with van der Waals surface area (Å²) in [5, 5.41) is 8.89. The number of nitrogens with two attached hydrogens (primary N) is 1. The van der Waals surface area contributed by atoms with Crippen molar-refractivity contribution in [3.63, 3.8) is 0 Å². The van der Waals surface area contributed by atoms with Crippen molar-refractivity contribution < 1.29 is 39.5 Å². The molecule has 3 N–H and O–H groups in total. The van der Waals surface area contributed by atoms with Crippen LogP contribution >= 0.6 is 67.8 Å². The summed E-state index contributed by atoms with van der Waals surface area (Å²) >= 11 is 6.04. The molecule has 0 unspecified atom stereocenters. The summed E-state index contributed by atoms with van der Waals surface area (Å²) in [6, 6.07) is 1.77. The Morgan fingerprint density at radius 3 is 2.21 bits per heavy atom. The molecule has 0 fully saturated rings. The molecule has 0 spiro atoms. The number of hydrogen-bond acceptors (Lipinski definition) is 2. The molecule has 0 saturated carbocycles. The molecule has 7 heteroatoms. The fourth-order valence-electron chi connectivity index (χ4n) is 0.802. The average molecular weight is 538 g/mol. The molecule has 1 rings (SSSR count). The standard InChI is InChI=1S/C7H4I3NO2.Na/c8-2-1-3(9)6(11)5(10)4(2)7(12)13;/h1H,11H2,(H,12,13);/q;+1. The van der Waals surface area contributed by atoms with Crippen LogP contribution in [0.5, 0.6) is 0 Å². The molecule has 0 saturated heterocycles. The van der Waals surface area contributed by atoms with Crippen molar-refractivity contribution in [2.24, 2.45) is 0 Å². The summed E-state index contributed by atoms with van der Waals surface area (Å²) in [5.41, 5.74) is 6.54. The molecule has 0 aliphatic carbocycles. The maximum absolute atomic E-state index is 10.8. The van der Waals surface area contributed by atoms with Crippen LogP contribution in [0.3, 0.4) is 0 Å². The largest absolute Gasteiger partial charge is 1.00 e. The Morgan fingerprint density at radius 1 is 1.29 bits per heavy atom.